The minimum absolute atomic E-state index is 0.108. The second-order valence-corrected chi connectivity index (χ2v) is 10.8. The second-order valence-electron chi connectivity index (χ2n) is 10.8. The predicted molar refractivity (Wildman–Crippen MR) is 123 cm³/mol. The molecule has 0 saturated carbocycles. The van der Waals surface area contributed by atoms with Crippen LogP contribution in [0.3, 0.4) is 0 Å². The molecule has 34 heavy (non-hydrogen) atoms. The number of ether oxygens (including phenoxy) is 3. The van der Waals surface area contributed by atoms with Crippen LogP contribution < -0.4 is 10.6 Å². The lowest BCUT2D eigenvalue weighted by Gasteiger charge is -2.27. The summed E-state index contributed by atoms with van der Waals surface area (Å²) < 4.78 is 15.8. The lowest BCUT2D eigenvalue weighted by atomic mass is 10.1. The smallest absolute Gasteiger partial charge is 0.329 e. The number of carboxylic acid groups (broad SMARTS) is 1. The van der Waals surface area contributed by atoms with E-state index < -0.39 is 65.2 Å². The van der Waals surface area contributed by atoms with E-state index >= 15 is 0 Å². The van der Waals surface area contributed by atoms with E-state index in [1.54, 1.807) is 62.3 Å². The number of urea groups is 1. The molecule has 0 aromatic rings. The number of hydrogen-bond donors (Lipinski definition) is 3. The molecule has 0 spiro atoms. The van der Waals surface area contributed by atoms with Crippen LogP contribution in [0.2, 0.25) is 0 Å². The van der Waals surface area contributed by atoms with Crippen molar-refractivity contribution in [2.75, 3.05) is 0 Å². The van der Waals surface area contributed by atoms with Crippen molar-refractivity contribution < 1.29 is 43.3 Å². The third-order valence-corrected chi connectivity index (χ3v) is 3.70. The molecule has 0 bridgehead atoms. The number of carboxylic acids is 1. The van der Waals surface area contributed by atoms with Crippen molar-refractivity contribution in [3.05, 3.63) is 0 Å². The van der Waals surface area contributed by atoms with Crippen LogP contribution in [0.4, 0.5) is 4.79 Å². The molecule has 0 saturated heterocycles. The zero-order chi connectivity index (χ0) is 26.9. The van der Waals surface area contributed by atoms with Gasteiger partial charge in [0.2, 0.25) is 0 Å². The third kappa shape index (κ3) is 15.9. The van der Waals surface area contributed by atoms with Crippen molar-refractivity contribution in [2.45, 2.75) is 117 Å². The maximum absolute atomic E-state index is 12.6. The van der Waals surface area contributed by atoms with Gasteiger partial charge in [-0.05, 0) is 75.2 Å². The molecule has 0 rings (SSSR count). The Morgan fingerprint density at radius 3 is 1.32 bits per heavy atom. The standard InChI is InChI=1S/C23H40N2O9/c1-21(2,3)32-17(28)13-11-15(19(30)34-23(7,8)9)25-20(31)24-14(10-12-16(26)27)18(29)33-22(4,5)6/h14-15H,10-13H2,1-9H3,(H,26,27)(H2,24,25,31)/t14-,15?/m0/s1. The van der Waals surface area contributed by atoms with Gasteiger partial charge in [-0.3, -0.25) is 9.59 Å². The van der Waals surface area contributed by atoms with Gasteiger partial charge >= 0.3 is 29.9 Å². The van der Waals surface area contributed by atoms with Gasteiger partial charge in [0.1, 0.15) is 28.9 Å². The summed E-state index contributed by atoms with van der Waals surface area (Å²) in [5, 5.41) is 13.7. The van der Waals surface area contributed by atoms with Crippen molar-refractivity contribution in [3.63, 3.8) is 0 Å². The van der Waals surface area contributed by atoms with Crippen LogP contribution in [0.25, 0.3) is 0 Å². The average Bonchev–Trinajstić information content (AvgIpc) is 2.57. The minimum atomic E-state index is -1.26. The molecule has 11 heteroatoms. The average molecular weight is 489 g/mol. The van der Waals surface area contributed by atoms with E-state index in [1.165, 1.54) is 0 Å². The van der Waals surface area contributed by atoms with Gasteiger partial charge in [-0.15, -0.1) is 0 Å². The van der Waals surface area contributed by atoms with Gasteiger partial charge in [0.15, 0.2) is 0 Å². The van der Waals surface area contributed by atoms with Crippen LogP contribution in [0.5, 0.6) is 0 Å². The first kappa shape index (κ1) is 31.1. The molecule has 0 fully saturated rings. The summed E-state index contributed by atoms with van der Waals surface area (Å²) in [7, 11) is 0. The maximum atomic E-state index is 12.6. The zero-order valence-electron chi connectivity index (χ0n) is 21.7. The van der Waals surface area contributed by atoms with Crippen LogP contribution >= 0.6 is 0 Å². The highest BCUT2D eigenvalue weighted by molar-refractivity contribution is 5.88. The topological polar surface area (TPSA) is 157 Å². The van der Waals surface area contributed by atoms with Crippen molar-refractivity contribution in [1.29, 1.82) is 0 Å². The summed E-state index contributed by atoms with van der Waals surface area (Å²) in [6, 6.07) is -3.40. The third-order valence-electron chi connectivity index (χ3n) is 3.70. The van der Waals surface area contributed by atoms with E-state index in [9.17, 15) is 24.0 Å². The molecule has 0 aromatic carbocycles. The minimum Gasteiger partial charge on any atom is -0.481 e. The van der Waals surface area contributed by atoms with Crippen LogP contribution in [0.1, 0.15) is 88.0 Å². The molecule has 3 N–H and O–H groups in total. The van der Waals surface area contributed by atoms with Gasteiger partial charge in [0.05, 0.1) is 0 Å². The van der Waals surface area contributed by atoms with Crippen molar-refractivity contribution >= 4 is 29.9 Å². The molecule has 0 aliphatic heterocycles. The Morgan fingerprint density at radius 2 is 1.00 bits per heavy atom. The molecule has 0 aliphatic carbocycles. The highest BCUT2D eigenvalue weighted by Crippen LogP contribution is 2.14. The summed E-state index contributed by atoms with van der Waals surface area (Å²) in [5.41, 5.74) is -2.42. The zero-order valence-corrected chi connectivity index (χ0v) is 21.7. The number of rotatable bonds is 10. The first-order valence-corrected chi connectivity index (χ1v) is 11.1. The van der Waals surface area contributed by atoms with E-state index in [4.69, 9.17) is 19.3 Å². The van der Waals surface area contributed by atoms with Gasteiger partial charge in [-0.25, -0.2) is 14.4 Å². The molecular weight excluding hydrogens is 448 g/mol. The fourth-order valence-electron chi connectivity index (χ4n) is 2.52. The van der Waals surface area contributed by atoms with Crippen LogP contribution in [0.15, 0.2) is 0 Å². The number of carbonyl (C=O) groups is 5. The molecule has 0 heterocycles. The fourth-order valence-corrected chi connectivity index (χ4v) is 2.52. The summed E-state index contributed by atoms with van der Waals surface area (Å²) >= 11 is 0. The molecule has 2 amide bonds. The van der Waals surface area contributed by atoms with Crippen LogP contribution in [0, 0.1) is 0 Å². The maximum Gasteiger partial charge on any atom is 0.329 e. The number of aliphatic carboxylic acids is 1. The SMILES string of the molecule is CC(C)(C)OC(=O)CCC(NC(=O)N[C@@H](CCC(=O)O)C(=O)OC(C)(C)C)C(=O)OC(C)(C)C. The van der Waals surface area contributed by atoms with E-state index in [-0.39, 0.29) is 19.3 Å². The fraction of sp³-hybridized carbons (Fsp3) is 0.783. The van der Waals surface area contributed by atoms with Gasteiger partial charge < -0.3 is 30.0 Å². The van der Waals surface area contributed by atoms with Crippen molar-refractivity contribution in [3.8, 4) is 0 Å². The quantitative estimate of drug-likeness (QED) is 0.310. The van der Waals surface area contributed by atoms with Crippen molar-refractivity contribution in [2.24, 2.45) is 0 Å². The number of esters is 3. The number of nitrogens with one attached hydrogen (secondary N) is 2. The monoisotopic (exact) mass is 488 g/mol. The molecular formula is C23H40N2O9. The first-order valence-electron chi connectivity index (χ1n) is 11.1. The Morgan fingerprint density at radius 1 is 0.647 bits per heavy atom. The largest absolute Gasteiger partial charge is 0.481 e. The van der Waals surface area contributed by atoms with Gasteiger partial charge in [-0.1, -0.05) is 0 Å². The van der Waals surface area contributed by atoms with Gasteiger partial charge in [0, 0.05) is 12.8 Å². The van der Waals surface area contributed by atoms with Crippen molar-refractivity contribution in [1.82, 2.24) is 10.6 Å². The number of amides is 2. The highest BCUT2D eigenvalue weighted by Gasteiger charge is 2.31. The Bertz CT molecular complexity index is 743. The van der Waals surface area contributed by atoms with E-state index in [0.29, 0.717) is 0 Å². The van der Waals surface area contributed by atoms with E-state index in [2.05, 4.69) is 10.6 Å². The summed E-state index contributed by atoms with van der Waals surface area (Å²) in [5.74, 6) is -3.30. The second kappa shape index (κ2) is 12.6. The first-order chi connectivity index (χ1) is 15.2. The number of carbonyl (C=O) groups excluding carboxylic acids is 4. The van der Waals surface area contributed by atoms with Crippen LogP contribution in [-0.4, -0.2) is 63.9 Å². The molecule has 1 unspecified atom stereocenters. The molecule has 11 nitrogen and oxygen atoms in total. The number of hydrogen-bond acceptors (Lipinski definition) is 8. The Balaban J connectivity index is 5.43. The Kier molecular flexibility index (Phi) is 11.5. The lowest BCUT2D eigenvalue weighted by Crippen LogP contribution is -2.53. The van der Waals surface area contributed by atoms with Gasteiger partial charge in [0.25, 0.3) is 0 Å². The molecule has 0 radical (unpaired) electrons. The predicted octanol–water partition coefficient (Wildman–Crippen LogP) is 2.69. The molecule has 0 aromatic heterocycles. The molecule has 2 atom stereocenters. The normalized spacial score (nSPS) is 13.8. The lowest BCUT2D eigenvalue weighted by molar-refractivity contribution is -0.159. The van der Waals surface area contributed by atoms with E-state index in [0.717, 1.165) is 0 Å². The summed E-state index contributed by atoms with van der Waals surface area (Å²) in [6.45, 7) is 15.0. The summed E-state index contributed by atoms with van der Waals surface area (Å²) in [6.07, 6.45) is -0.884. The molecule has 196 valence electrons. The molecule has 0 aliphatic rings. The van der Waals surface area contributed by atoms with Crippen LogP contribution in [-0.2, 0) is 33.4 Å². The highest BCUT2D eigenvalue weighted by atomic mass is 16.6. The Labute approximate surface area is 201 Å². The van der Waals surface area contributed by atoms with Gasteiger partial charge in [-0.2, -0.15) is 0 Å². The summed E-state index contributed by atoms with van der Waals surface area (Å²) in [4.78, 5) is 60.7. The van der Waals surface area contributed by atoms with E-state index in [1.807, 2.05) is 0 Å². The Hall–Kier alpha value is -2.85.